The first-order valence-corrected chi connectivity index (χ1v) is 7.76. The van der Waals surface area contributed by atoms with Crippen LogP contribution in [-0.2, 0) is 4.79 Å². The van der Waals surface area contributed by atoms with E-state index in [1.54, 1.807) is 0 Å². The Morgan fingerprint density at radius 2 is 2.26 bits per heavy atom. The van der Waals surface area contributed by atoms with E-state index in [1.165, 1.54) is 5.56 Å². The molecule has 1 aliphatic rings. The van der Waals surface area contributed by atoms with Crippen LogP contribution in [0.1, 0.15) is 43.7 Å². The number of nitrogens with two attached hydrogens (primary N) is 1. The maximum Gasteiger partial charge on any atom is 0.223 e. The van der Waals surface area contributed by atoms with Gasteiger partial charge in [-0.05, 0) is 49.9 Å². The average Bonchev–Trinajstić information content (AvgIpc) is 2.88. The van der Waals surface area contributed by atoms with E-state index in [4.69, 9.17) is 5.73 Å². The molecule has 0 aromatic heterocycles. The topological polar surface area (TPSA) is 46.3 Å². The van der Waals surface area contributed by atoms with Crippen LogP contribution in [0.5, 0.6) is 0 Å². The Kier molecular flexibility index (Phi) is 5.40. The quantitative estimate of drug-likeness (QED) is 0.845. The molecule has 3 nitrogen and oxygen atoms in total. The van der Waals surface area contributed by atoms with Crippen molar-refractivity contribution >= 4 is 21.8 Å². The maximum atomic E-state index is 12.3. The molecule has 104 valence electrons. The molecule has 1 amide bonds. The van der Waals surface area contributed by atoms with Crippen molar-refractivity contribution in [3.8, 4) is 0 Å². The number of unbranched alkanes of at least 4 members (excludes halogenated alkanes) is 1. The number of hydrogen-bond donors (Lipinski definition) is 1. The lowest BCUT2D eigenvalue weighted by atomic mass is 10.0. The third-order valence-electron chi connectivity index (χ3n) is 3.65. The molecule has 19 heavy (non-hydrogen) atoms. The molecule has 4 heteroatoms. The zero-order valence-corrected chi connectivity index (χ0v) is 12.7. The highest BCUT2D eigenvalue weighted by Gasteiger charge is 2.29. The van der Waals surface area contributed by atoms with Crippen molar-refractivity contribution in [2.45, 2.75) is 38.1 Å². The molecule has 1 saturated heterocycles. The van der Waals surface area contributed by atoms with Gasteiger partial charge in [0, 0.05) is 17.4 Å². The number of nitrogens with zero attached hydrogens (tertiary/aromatic N) is 1. The van der Waals surface area contributed by atoms with Gasteiger partial charge in [0.1, 0.15) is 0 Å². The number of hydrogen-bond acceptors (Lipinski definition) is 2. The summed E-state index contributed by atoms with van der Waals surface area (Å²) in [7, 11) is 0. The largest absolute Gasteiger partial charge is 0.336 e. The van der Waals surface area contributed by atoms with E-state index in [2.05, 4.69) is 28.1 Å². The summed E-state index contributed by atoms with van der Waals surface area (Å²) in [6.45, 7) is 1.56. The summed E-state index contributed by atoms with van der Waals surface area (Å²) in [6, 6.07) is 8.54. The number of rotatable bonds is 5. The maximum absolute atomic E-state index is 12.3. The van der Waals surface area contributed by atoms with Crippen molar-refractivity contribution in [1.29, 1.82) is 0 Å². The molecular weight excluding hydrogens is 304 g/mol. The Balaban J connectivity index is 2.02. The third-order valence-corrected chi connectivity index (χ3v) is 4.14. The van der Waals surface area contributed by atoms with E-state index >= 15 is 0 Å². The highest BCUT2D eigenvalue weighted by atomic mass is 79.9. The lowest BCUT2D eigenvalue weighted by molar-refractivity contribution is -0.132. The van der Waals surface area contributed by atoms with Gasteiger partial charge in [-0.2, -0.15) is 0 Å². The van der Waals surface area contributed by atoms with Crippen molar-refractivity contribution in [2.24, 2.45) is 5.73 Å². The van der Waals surface area contributed by atoms with Crippen LogP contribution in [0, 0.1) is 0 Å². The Hall–Kier alpha value is -0.870. The summed E-state index contributed by atoms with van der Waals surface area (Å²) in [6.07, 6.45) is 4.62. The van der Waals surface area contributed by atoms with E-state index < -0.39 is 0 Å². The average molecular weight is 325 g/mol. The summed E-state index contributed by atoms with van der Waals surface area (Å²) >= 11 is 3.50. The first-order chi connectivity index (χ1) is 9.22. The fraction of sp³-hybridized carbons (Fsp3) is 0.533. The molecule has 0 saturated carbocycles. The first-order valence-electron chi connectivity index (χ1n) is 6.97. The van der Waals surface area contributed by atoms with Crippen molar-refractivity contribution in [3.05, 3.63) is 34.3 Å². The molecule has 0 spiro atoms. The SMILES string of the molecule is NCCCCC(=O)N1CCCC1c1cccc(Br)c1. The lowest BCUT2D eigenvalue weighted by Gasteiger charge is -2.25. The summed E-state index contributed by atoms with van der Waals surface area (Å²) < 4.78 is 1.08. The number of benzene rings is 1. The van der Waals surface area contributed by atoms with Gasteiger partial charge in [-0.1, -0.05) is 28.1 Å². The van der Waals surface area contributed by atoms with E-state index in [-0.39, 0.29) is 11.9 Å². The highest BCUT2D eigenvalue weighted by Crippen LogP contribution is 2.33. The van der Waals surface area contributed by atoms with Gasteiger partial charge in [0.15, 0.2) is 0 Å². The van der Waals surface area contributed by atoms with Gasteiger partial charge < -0.3 is 10.6 Å². The van der Waals surface area contributed by atoms with Crippen LogP contribution in [0.4, 0.5) is 0 Å². The van der Waals surface area contributed by atoms with Gasteiger partial charge >= 0.3 is 0 Å². The summed E-state index contributed by atoms with van der Waals surface area (Å²) in [5.41, 5.74) is 6.71. The number of likely N-dealkylation sites (tertiary alicyclic amines) is 1. The molecule has 2 N–H and O–H groups in total. The molecule has 1 fully saturated rings. The van der Waals surface area contributed by atoms with Crippen LogP contribution < -0.4 is 5.73 Å². The summed E-state index contributed by atoms with van der Waals surface area (Å²) in [5.74, 6) is 0.274. The zero-order chi connectivity index (χ0) is 13.7. The van der Waals surface area contributed by atoms with Crippen LogP contribution >= 0.6 is 15.9 Å². The fourth-order valence-corrected chi connectivity index (χ4v) is 3.11. The normalized spacial score (nSPS) is 18.8. The number of halogens is 1. The minimum atomic E-state index is 0.253. The molecule has 1 unspecified atom stereocenters. The second-order valence-corrected chi connectivity index (χ2v) is 5.96. The van der Waals surface area contributed by atoms with E-state index in [0.717, 1.165) is 36.7 Å². The number of amides is 1. The van der Waals surface area contributed by atoms with Crippen molar-refractivity contribution in [1.82, 2.24) is 4.90 Å². The molecule has 1 atom stereocenters. The monoisotopic (exact) mass is 324 g/mol. The molecule has 1 aliphatic heterocycles. The van der Waals surface area contributed by atoms with Crippen LogP contribution in [0.3, 0.4) is 0 Å². The second-order valence-electron chi connectivity index (χ2n) is 5.05. The van der Waals surface area contributed by atoms with Crippen LogP contribution in [0.25, 0.3) is 0 Å². The molecule has 0 aliphatic carbocycles. The second kappa shape index (κ2) is 7.06. The molecule has 1 aromatic carbocycles. The Bertz CT molecular complexity index is 436. The Morgan fingerprint density at radius 3 is 3.00 bits per heavy atom. The van der Waals surface area contributed by atoms with Crippen molar-refractivity contribution in [2.75, 3.05) is 13.1 Å². The molecular formula is C15H21BrN2O. The fourth-order valence-electron chi connectivity index (χ4n) is 2.69. The Morgan fingerprint density at radius 1 is 1.42 bits per heavy atom. The van der Waals surface area contributed by atoms with Gasteiger partial charge in [-0.15, -0.1) is 0 Å². The molecule has 1 heterocycles. The Labute approximate surface area is 123 Å². The van der Waals surface area contributed by atoms with E-state index in [0.29, 0.717) is 13.0 Å². The third kappa shape index (κ3) is 3.80. The first kappa shape index (κ1) is 14.5. The summed E-state index contributed by atoms with van der Waals surface area (Å²) in [4.78, 5) is 14.3. The molecule has 2 rings (SSSR count). The van der Waals surface area contributed by atoms with Gasteiger partial charge in [-0.3, -0.25) is 4.79 Å². The minimum Gasteiger partial charge on any atom is -0.336 e. The van der Waals surface area contributed by atoms with Gasteiger partial charge in [-0.25, -0.2) is 0 Å². The minimum absolute atomic E-state index is 0.253. The zero-order valence-electron chi connectivity index (χ0n) is 11.1. The van der Waals surface area contributed by atoms with Crippen molar-refractivity contribution in [3.63, 3.8) is 0 Å². The van der Waals surface area contributed by atoms with Crippen molar-refractivity contribution < 1.29 is 4.79 Å². The van der Waals surface area contributed by atoms with Crippen LogP contribution in [0.15, 0.2) is 28.7 Å². The molecule has 0 bridgehead atoms. The predicted octanol–water partition coefficient (Wildman–Crippen LogP) is 3.24. The lowest BCUT2D eigenvalue weighted by Crippen LogP contribution is -2.30. The highest BCUT2D eigenvalue weighted by molar-refractivity contribution is 9.10. The smallest absolute Gasteiger partial charge is 0.223 e. The number of carbonyl (C=O) groups is 1. The summed E-state index contributed by atoms with van der Waals surface area (Å²) in [5, 5.41) is 0. The molecule has 0 radical (unpaired) electrons. The van der Waals surface area contributed by atoms with E-state index in [1.807, 2.05) is 17.0 Å². The van der Waals surface area contributed by atoms with Gasteiger partial charge in [0.25, 0.3) is 0 Å². The standard InChI is InChI=1S/C15H21BrN2O/c16-13-6-3-5-12(11-13)14-7-4-10-18(14)15(19)8-1-2-9-17/h3,5-6,11,14H,1-2,4,7-10,17H2. The van der Waals surface area contributed by atoms with Gasteiger partial charge in [0.05, 0.1) is 6.04 Å². The van der Waals surface area contributed by atoms with Crippen LogP contribution in [0.2, 0.25) is 0 Å². The van der Waals surface area contributed by atoms with E-state index in [9.17, 15) is 4.79 Å². The number of carbonyl (C=O) groups excluding carboxylic acids is 1. The van der Waals surface area contributed by atoms with Crippen LogP contribution in [-0.4, -0.2) is 23.9 Å². The molecule has 1 aromatic rings. The van der Waals surface area contributed by atoms with Gasteiger partial charge in [0.2, 0.25) is 5.91 Å². The predicted molar refractivity (Wildman–Crippen MR) is 80.7 cm³/mol.